The van der Waals surface area contributed by atoms with Gasteiger partial charge in [-0.05, 0) is 26.2 Å². The predicted octanol–water partition coefficient (Wildman–Crippen LogP) is 1.83. The summed E-state index contributed by atoms with van der Waals surface area (Å²) >= 11 is 0. The van der Waals surface area contributed by atoms with Crippen LogP contribution in [0.15, 0.2) is 0 Å². The maximum absolute atomic E-state index is 11.8. The van der Waals surface area contributed by atoms with E-state index in [0.29, 0.717) is 18.9 Å². The highest BCUT2D eigenvalue weighted by atomic mass is 16.5. The summed E-state index contributed by atoms with van der Waals surface area (Å²) < 4.78 is 4.76. The number of hydrogen-bond donors (Lipinski definition) is 0. The second-order valence-electron chi connectivity index (χ2n) is 5.51. The molecule has 4 heteroatoms. The zero-order valence-electron chi connectivity index (χ0n) is 11.3. The van der Waals surface area contributed by atoms with Crippen LogP contribution in [0.3, 0.4) is 0 Å². The number of hydrogen-bond acceptors (Lipinski definition) is 3. The van der Waals surface area contributed by atoms with Gasteiger partial charge >= 0.3 is 5.97 Å². The van der Waals surface area contributed by atoms with Crippen LogP contribution in [0.5, 0.6) is 0 Å². The third-order valence-electron chi connectivity index (χ3n) is 3.32. The van der Waals surface area contributed by atoms with Crippen molar-refractivity contribution in [3.8, 4) is 0 Å². The Labute approximate surface area is 103 Å². The van der Waals surface area contributed by atoms with Crippen molar-refractivity contribution in [2.75, 3.05) is 20.2 Å². The predicted molar refractivity (Wildman–Crippen MR) is 65.4 cm³/mol. The molecule has 1 fully saturated rings. The lowest BCUT2D eigenvalue weighted by molar-refractivity contribution is -0.152. The molecule has 4 nitrogen and oxygen atoms in total. The van der Waals surface area contributed by atoms with E-state index in [2.05, 4.69) is 6.92 Å². The molecule has 0 aromatic carbocycles. The number of carbonyl (C=O) groups is 2. The second-order valence-corrected chi connectivity index (χ2v) is 5.51. The van der Waals surface area contributed by atoms with Gasteiger partial charge < -0.3 is 9.64 Å². The Morgan fingerprint density at radius 1 is 1.53 bits per heavy atom. The summed E-state index contributed by atoms with van der Waals surface area (Å²) in [5, 5.41) is 0. The smallest absolute Gasteiger partial charge is 0.313 e. The van der Waals surface area contributed by atoms with Crippen LogP contribution in [0, 0.1) is 11.3 Å². The lowest BCUT2D eigenvalue weighted by Crippen LogP contribution is -2.40. The maximum Gasteiger partial charge on any atom is 0.313 e. The van der Waals surface area contributed by atoms with Crippen molar-refractivity contribution in [1.82, 2.24) is 4.90 Å². The third kappa shape index (κ3) is 3.45. The Kier molecular flexibility index (Phi) is 4.54. The Morgan fingerprint density at radius 2 is 2.18 bits per heavy atom. The van der Waals surface area contributed by atoms with E-state index in [0.717, 1.165) is 19.4 Å². The quantitative estimate of drug-likeness (QED) is 0.690. The van der Waals surface area contributed by atoms with Crippen LogP contribution in [-0.4, -0.2) is 37.0 Å². The highest BCUT2D eigenvalue weighted by Crippen LogP contribution is 2.27. The number of rotatable bonds is 5. The summed E-state index contributed by atoms with van der Waals surface area (Å²) in [4.78, 5) is 25.2. The minimum absolute atomic E-state index is 0.167. The lowest BCUT2D eigenvalue weighted by Gasteiger charge is -2.27. The average Bonchev–Trinajstić information content (AvgIpc) is 2.58. The first-order valence-corrected chi connectivity index (χ1v) is 6.27. The van der Waals surface area contributed by atoms with Gasteiger partial charge in [0.2, 0.25) is 5.91 Å². The standard InChI is InChI=1S/C13H23NO3/c1-5-6-10-7-11(15)14(8-10)9-13(2,3)12(16)17-4/h10H,5-9H2,1-4H3. The number of carbonyl (C=O) groups excluding carboxylic acids is 2. The molecule has 1 unspecified atom stereocenters. The summed E-state index contributed by atoms with van der Waals surface area (Å²) in [5.41, 5.74) is -0.620. The monoisotopic (exact) mass is 241 g/mol. The minimum atomic E-state index is -0.620. The fraction of sp³-hybridized carbons (Fsp3) is 0.846. The zero-order valence-corrected chi connectivity index (χ0v) is 11.3. The molecule has 1 rings (SSSR count). The first-order chi connectivity index (χ1) is 7.90. The van der Waals surface area contributed by atoms with Crippen LogP contribution in [-0.2, 0) is 14.3 Å². The SMILES string of the molecule is CCCC1CC(=O)N(CC(C)(C)C(=O)OC)C1. The van der Waals surface area contributed by atoms with Gasteiger partial charge in [0, 0.05) is 19.5 Å². The van der Waals surface area contributed by atoms with Gasteiger partial charge in [-0.25, -0.2) is 0 Å². The van der Waals surface area contributed by atoms with E-state index in [1.165, 1.54) is 7.11 Å². The number of esters is 1. The average molecular weight is 241 g/mol. The van der Waals surface area contributed by atoms with Gasteiger partial charge in [0.25, 0.3) is 0 Å². The molecule has 1 heterocycles. The first kappa shape index (κ1) is 14.0. The first-order valence-electron chi connectivity index (χ1n) is 6.27. The maximum atomic E-state index is 11.8. The van der Waals surface area contributed by atoms with E-state index in [1.54, 1.807) is 4.90 Å². The molecular formula is C13H23NO3. The molecule has 0 spiro atoms. The number of nitrogens with zero attached hydrogens (tertiary/aromatic N) is 1. The van der Waals surface area contributed by atoms with Crippen molar-refractivity contribution >= 4 is 11.9 Å². The number of likely N-dealkylation sites (tertiary alicyclic amines) is 1. The van der Waals surface area contributed by atoms with Crippen LogP contribution >= 0.6 is 0 Å². The van der Waals surface area contributed by atoms with Crippen LogP contribution < -0.4 is 0 Å². The van der Waals surface area contributed by atoms with Crippen molar-refractivity contribution in [2.24, 2.45) is 11.3 Å². The Balaban J connectivity index is 2.58. The van der Waals surface area contributed by atoms with E-state index < -0.39 is 5.41 Å². The summed E-state index contributed by atoms with van der Waals surface area (Å²) in [6.07, 6.45) is 2.82. The fourth-order valence-corrected chi connectivity index (χ4v) is 2.43. The summed E-state index contributed by atoms with van der Waals surface area (Å²) in [5.74, 6) is 0.366. The summed E-state index contributed by atoms with van der Waals surface area (Å²) in [7, 11) is 1.38. The molecule has 1 aliphatic rings. The molecule has 0 radical (unpaired) electrons. The molecule has 98 valence electrons. The van der Waals surface area contributed by atoms with E-state index in [-0.39, 0.29) is 11.9 Å². The minimum Gasteiger partial charge on any atom is -0.469 e. The van der Waals surface area contributed by atoms with Crippen molar-refractivity contribution in [3.63, 3.8) is 0 Å². The fourth-order valence-electron chi connectivity index (χ4n) is 2.43. The summed E-state index contributed by atoms with van der Waals surface area (Å²) in [6.45, 7) is 7.01. The molecule has 0 aliphatic carbocycles. The number of amides is 1. The van der Waals surface area contributed by atoms with Gasteiger partial charge in [0.05, 0.1) is 12.5 Å². The second kappa shape index (κ2) is 5.52. The number of ether oxygens (including phenoxy) is 1. The van der Waals surface area contributed by atoms with Crippen molar-refractivity contribution in [2.45, 2.75) is 40.0 Å². The number of methoxy groups -OCH3 is 1. The van der Waals surface area contributed by atoms with E-state index in [4.69, 9.17) is 4.74 Å². The van der Waals surface area contributed by atoms with Gasteiger partial charge in [0.15, 0.2) is 0 Å². The molecule has 1 saturated heterocycles. The third-order valence-corrected chi connectivity index (χ3v) is 3.32. The molecule has 1 amide bonds. The molecule has 1 atom stereocenters. The molecule has 0 aromatic heterocycles. The molecular weight excluding hydrogens is 218 g/mol. The van der Waals surface area contributed by atoms with Gasteiger partial charge in [-0.3, -0.25) is 9.59 Å². The Hall–Kier alpha value is -1.06. The zero-order chi connectivity index (χ0) is 13.1. The van der Waals surface area contributed by atoms with Crippen LogP contribution in [0.4, 0.5) is 0 Å². The van der Waals surface area contributed by atoms with Crippen molar-refractivity contribution in [1.29, 1.82) is 0 Å². The largest absolute Gasteiger partial charge is 0.469 e. The van der Waals surface area contributed by atoms with Crippen LogP contribution in [0.25, 0.3) is 0 Å². The molecule has 0 bridgehead atoms. The molecule has 1 aliphatic heterocycles. The van der Waals surface area contributed by atoms with E-state index in [9.17, 15) is 9.59 Å². The normalized spacial score (nSPS) is 20.8. The van der Waals surface area contributed by atoms with Gasteiger partial charge in [-0.15, -0.1) is 0 Å². The lowest BCUT2D eigenvalue weighted by atomic mass is 9.93. The van der Waals surface area contributed by atoms with Crippen molar-refractivity contribution in [3.05, 3.63) is 0 Å². The summed E-state index contributed by atoms with van der Waals surface area (Å²) in [6, 6.07) is 0. The highest BCUT2D eigenvalue weighted by Gasteiger charge is 2.37. The van der Waals surface area contributed by atoms with Crippen LogP contribution in [0.2, 0.25) is 0 Å². The Bertz CT molecular complexity index is 299. The highest BCUT2D eigenvalue weighted by molar-refractivity contribution is 5.81. The van der Waals surface area contributed by atoms with Gasteiger partial charge in [-0.1, -0.05) is 13.3 Å². The van der Waals surface area contributed by atoms with Crippen molar-refractivity contribution < 1.29 is 14.3 Å². The van der Waals surface area contributed by atoms with E-state index >= 15 is 0 Å². The van der Waals surface area contributed by atoms with Crippen LogP contribution in [0.1, 0.15) is 40.0 Å². The molecule has 0 aromatic rings. The molecule has 17 heavy (non-hydrogen) atoms. The van der Waals surface area contributed by atoms with Gasteiger partial charge in [0.1, 0.15) is 0 Å². The topological polar surface area (TPSA) is 46.6 Å². The Morgan fingerprint density at radius 3 is 2.71 bits per heavy atom. The molecule has 0 N–H and O–H groups in total. The molecule has 0 saturated carbocycles. The van der Waals surface area contributed by atoms with Gasteiger partial charge in [-0.2, -0.15) is 0 Å². The van der Waals surface area contributed by atoms with E-state index in [1.807, 2.05) is 13.8 Å².